The zero-order valence-electron chi connectivity index (χ0n) is 12.6. The van der Waals surface area contributed by atoms with Crippen LogP contribution in [0.15, 0.2) is 66.7 Å². The number of rotatable bonds is 4. The second kappa shape index (κ2) is 7.30. The summed E-state index contributed by atoms with van der Waals surface area (Å²) in [5.41, 5.74) is 1.03. The van der Waals surface area contributed by atoms with Gasteiger partial charge in [0.2, 0.25) is 0 Å². The van der Waals surface area contributed by atoms with Gasteiger partial charge in [0.1, 0.15) is 0 Å². The number of ether oxygens (including phenoxy) is 2. The van der Waals surface area contributed by atoms with Crippen molar-refractivity contribution >= 4 is 42.4 Å². The molecule has 3 aromatic rings. The van der Waals surface area contributed by atoms with Gasteiger partial charge in [-0.1, -0.05) is 0 Å². The van der Waals surface area contributed by atoms with Gasteiger partial charge in [-0.25, -0.2) is 0 Å². The van der Waals surface area contributed by atoms with Gasteiger partial charge in [-0.2, -0.15) is 0 Å². The van der Waals surface area contributed by atoms with Crippen molar-refractivity contribution in [3.8, 4) is 23.0 Å². The molecule has 4 radical (unpaired) electrons. The normalized spacial score (nSPS) is 10.4. The molecule has 0 aliphatic heterocycles. The van der Waals surface area contributed by atoms with Gasteiger partial charge in [-0.3, -0.25) is 0 Å². The number of benzene rings is 3. The van der Waals surface area contributed by atoms with Crippen molar-refractivity contribution in [2.75, 3.05) is 0 Å². The van der Waals surface area contributed by atoms with Crippen molar-refractivity contribution in [1.29, 1.82) is 0 Å². The van der Waals surface area contributed by atoms with E-state index >= 15 is 0 Å². The van der Waals surface area contributed by atoms with Crippen molar-refractivity contribution < 1.29 is 9.47 Å². The van der Waals surface area contributed by atoms with Crippen molar-refractivity contribution in [2.24, 2.45) is 0 Å². The molecule has 3 aromatic carbocycles. The van der Waals surface area contributed by atoms with Gasteiger partial charge in [0.25, 0.3) is 0 Å². The molecule has 2 nitrogen and oxygen atoms in total. The van der Waals surface area contributed by atoms with Crippen LogP contribution in [0, 0.1) is 6.92 Å². The molecule has 0 atom stereocenters. The summed E-state index contributed by atoms with van der Waals surface area (Å²) in [5, 5.41) is 0. The molecule has 0 bridgehead atoms. The third kappa shape index (κ3) is 4.44. The van der Waals surface area contributed by atoms with Gasteiger partial charge in [0.15, 0.2) is 0 Å². The fourth-order valence-corrected chi connectivity index (χ4v) is 2.72. The van der Waals surface area contributed by atoms with Crippen molar-refractivity contribution in [2.45, 2.75) is 6.92 Å². The molecular formula is C19H14As2O2. The predicted octanol–water partition coefficient (Wildman–Crippen LogP) is 3.17. The first kappa shape index (κ1) is 16.2. The van der Waals surface area contributed by atoms with E-state index < -0.39 is 0 Å². The topological polar surface area (TPSA) is 18.5 Å². The summed E-state index contributed by atoms with van der Waals surface area (Å²) in [5.74, 6) is 3.28. The maximum atomic E-state index is 5.92. The van der Waals surface area contributed by atoms with Crippen LogP contribution in [0.5, 0.6) is 23.0 Å². The minimum atomic E-state index is 0.800. The predicted molar refractivity (Wildman–Crippen MR) is 95.0 cm³/mol. The first-order chi connectivity index (χ1) is 11.1. The zero-order chi connectivity index (χ0) is 16.2. The molecule has 0 aliphatic rings. The van der Waals surface area contributed by atoms with Gasteiger partial charge in [-0.05, 0) is 0 Å². The van der Waals surface area contributed by atoms with E-state index in [1.54, 1.807) is 0 Å². The molecule has 112 valence electrons. The van der Waals surface area contributed by atoms with E-state index in [0.717, 1.165) is 37.3 Å². The second-order valence-electron chi connectivity index (χ2n) is 5.12. The molecule has 0 amide bonds. The van der Waals surface area contributed by atoms with E-state index in [9.17, 15) is 0 Å². The molecule has 0 aromatic heterocycles. The van der Waals surface area contributed by atoms with Gasteiger partial charge < -0.3 is 0 Å². The Bertz CT molecular complexity index is 797. The van der Waals surface area contributed by atoms with E-state index in [1.807, 2.05) is 73.7 Å². The molecule has 3 rings (SSSR count). The molecule has 23 heavy (non-hydrogen) atoms. The molecule has 0 aliphatic carbocycles. The van der Waals surface area contributed by atoms with Crippen LogP contribution in [0.2, 0.25) is 0 Å². The third-order valence-electron chi connectivity index (χ3n) is 3.28. The fraction of sp³-hybridized carbons (Fsp3) is 0.0526. The Morgan fingerprint density at radius 1 is 0.609 bits per heavy atom. The van der Waals surface area contributed by atoms with Crippen LogP contribution in [-0.2, 0) is 0 Å². The molecule has 0 fully saturated rings. The Labute approximate surface area is 153 Å². The summed E-state index contributed by atoms with van der Waals surface area (Å²) in [7, 11) is 0. The number of hydrogen-bond acceptors (Lipinski definition) is 2. The summed E-state index contributed by atoms with van der Waals surface area (Å²) < 4.78 is 14.1. The molecule has 0 saturated heterocycles. The van der Waals surface area contributed by atoms with Gasteiger partial charge in [-0.15, -0.1) is 0 Å². The first-order valence-electron chi connectivity index (χ1n) is 7.14. The number of hydrogen-bond donors (Lipinski definition) is 0. The molecule has 0 heterocycles. The van der Waals surface area contributed by atoms with E-state index in [-0.39, 0.29) is 0 Å². The van der Waals surface area contributed by atoms with E-state index in [0.29, 0.717) is 0 Å². The summed E-state index contributed by atoms with van der Waals surface area (Å²) >= 11 is 5.02. The molecule has 0 N–H and O–H groups in total. The molecular weight excluding hydrogens is 410 g/mol. The van der Waals surface area contributed by atoms with Gasteiger partial charge in [0.05, 0.1) is 0 Å². The molecule has 0 spiro atoms. The Morgan fingerprint density at radius 3 is 1.61 bits per heavy atom. The van der Waals surface area contributed by atoms with Gasteiger partial charge >= 0.3 is 154 Å². The molecule has 0 saturated carbocycles. The minimum absolute atomic E-state index is 0.800. The zero-order valence-corrected chi connectivity index (χ0v) is 16.3. The van der Waals surface area contributed by atoms with Crippen LogP contribution in [0.4, 0.5) is 0 Å². The molecule has 0 unspecified atom stereocenters. The third-order valence-corrected chi connectivity index (χ3v) is 4.53. The van der Waals surface area contributed by atoms with Crippen molar-refractivity contribution in [3.63, 3.8) is 0 Å². The van der Waals surface area contributed by atoms with Crippen LogP contribution < -0.4 is 18.2 Å². The van der Waals surface area contributed by atoms with Crippen molar-refractivity contribution in [1.82, 2.24) is 0 Å². The SMILES string of the molecule is Cc1cc(Oc2ccc([As])cc2)ccc1Oc1ccc([As])cc1. The van der Waals surface area contributed by atoms with E-state index in [2.05, 4.69) is 33.7 Å². The summed E-state index contributed by atoms with van der Waals surface area (Å²) in [6, 6.07) is 21.7. The quantitative estimate of drug-likeness (QED) is 0.600. The fourth-order valence-electron chi connectivity index (χ4n) is 2.09. The standard InChI is InChI=1S/C19H14As2O2/c1-13-12-18(22-16-6-2-14(20)3-7-16)10-11-19(13)23-17-8-4-15(21)5-9-17/h2-12H,1H3. The monoisotopic (exact) mass is 424 g/mol. The Morgan fingerprint density at radius 2 is 1.09 bits per heavy atom. The van der Waals surface area contributed by atoms with Crippen LogP contribution in [0.3, 0.4) is 0 Å². The number of aryl methyl sites for hydroxylation is 1. The van der Waals surface area contributed by atoms with E-state index in [4.69, 9.17) is 9.47 Å². The summed E-state index contributed by atoms with van der Waals surface area (Å²) in [4.78, 5) is 0. The first-order valence-corrected chi connectivity index (χ1v) is 9.02. The van der Waals surface area contributed by atoms with Crippen LogP contribution in [0.25, 0.3) is 0 Å². The average molecular weight is 424 g/mol. The summed E-state index contributed by atoms with van der Waals surface area (Å²) in [6.45, 7) is 2.01. The van der Waals surface area contributed by atoms with E-state index in [1.165, 1.54) is 0 Å². The summed E-state index contributed by atoms with van der Waals surface area (Å²) in [6.07, 6.45) is 0. The van der Waals surface area contributed by atoms with Gasteiger partial charge in [0, 0.05) is 0 Å². The van der Waals surface area contributed by atoms with Crippen LogP contribution >= 0.6 is 0 Å². The Hall–Kier alpha value is -1.62. The van der Waals surface area contributed by atoms with Crippen LogP contribution in [0.1, 0.15) is 5.56 Å². The maximum absolute atomic E-state index is 5.92. The second-order valence-corrected chi connectivity index (χ2v) is 7.29. The Balaban J connectivity index is 1.75. The van der Waals surface area contributed by atoms with Crippen LogP contribution in [-0.4, -0.2) is 33.7 Å². The van der Waals surface area contributed by atoms with Crippen molar-refractivity contribution in [3.05, 3.63) is 72.3 Å². The molecule has 4 heteroatoms. The Kier molecular flexibility index (Phi) is 5.15. The average Bonchev–Trinajstić information content (AvgIpc) is 2.54.